The molecule has 0 spiro atoms. The van der Waals surface area contributed by atoms with Gasteiger partial charge in [0.05, 0.1) is 12.1 Å². The number of rotatable bonds is 6. The normalized spacial score (nSPS) is 10.4. The Balaban J connectivity index is 1.93. The highest BCUT2D eigenvalue weighted by Crippen LogP contribution is 2.26. The van der Waals surface area contributed by atoms with E-state index in [9.17, 15) is 4.79 Å². The molecule has 0 unspecified atom stereocenters. The van der Waals surface area contributed by atoms with Crippen LogP contribution < -0.4 is 10.6 Å². The maximum absolute atomic E-state index is 11.5. The number of amides is 1. The molecule has 0 aliphatic carbocycles. The van der Waals surface area contributed by atoms with Gasteiger partial charge in [0, 0.05) is 23.8 Å². The predicted molar refractivity (Wildman–Crippen MR) is 99.4 cm³/mol. The average molecular weight is 334 g/mol. The van der Waals surface area contributed by atoms with Crippen LogP contribution in [0.2, 0.25) is 0 Å². The molecule has 25 heavy (non-hydrogen) atoms. The van der Waals surface area contributed by atoms with E-state index in [2.05, 4.69) is 27.2 Å². The van der Waals surface area contributed by atoms with E-state index in [4.69, 9.17) is 5.11 Å². The van der Waals surface area contributed by atoms with E-state index < -0.39 is 0 Å². The number of fused-ring (bicyclic) bond motifs is 1. The summed E-state index contributed by atoms with van der Waals surface area (Å²) in [4.78, 5) is 20.1. The third kappa shape index (κ3) is 3.99. The third-order valence-corrected chi connectivity index (χ3v) is 3.63. The first-order chi connectivity index (χ1) is 12.2. The Morgan fingerprint density at radius 1 is 1.20 bits per heavy atom. The van der Waals surface area contributed by atoms with Crippen molar-refractivity contribution in [3.63, 3.8) is 0 Å². The lowest BCUT2D eigenvalue weighted by Crippen LogP contribution is -2.08. The van der Waals surface area contributed by atoms with E-state index in [1.807, 2.05) is 42.5 Å². The summed E-state index contributed by atoms with van der Waals surface area (Å²) in [6.07, 6.45) is 2.98. The number of nitrogens with one attached hydrogen (secondary N) is 2. The van der Waals surface area contributed by atoms with Crippen molar-refractivity contribution in [3.05, 3.63) is 61.3 Å². The largest absolute Gasteiger partial charge is 0.395 e. The second kappa shape index (κ2) is 7.55. The number of carbonyl (C=O) groups is 1. The van der Waals surface area contributed by atoms with E-state index in [0.717, 1.165) is 22.0 Å². The van der Waals surface area contributed by atoms with Crippen molar-refractivity contribution in [2.24, 2.45) is 0 Å². The van der Waals surface area contributed by atoms with Gasteiger partial charge in [-0.25, -0.2) is 9.97 Å². The first kappa shape index (κ1) is 16.6. The number of aliphatic hydroxyl groups is 1. The number of nitrogens with zero attached hydrogens (tertiary/aromatic N) is 2. The summed E-state index contributed by atoms with van der Waals surface area (Å²) in [5.41, 5.74) is 3.45. The Morgan fingerprint density at radius 3 is 2.84 bits per heavy atom. The minimum atomic E-state index is -0.247. The molecule has 2 aromatic carbocycles. The molecule has 0 bridgehead atoms. The van der Waals surface area contributed by atoms with E-state index in [1.165, 1.54) is 6.08 Å². The number of carbonyl (C=O) groups excluding carboxylic acids is 1. The summed E-state index contributed by atoms with van der Waals surface area (Å²) >= 11 is 0. The fourth-order valence-electron chi connectivity index (χ4n) is 2.43. The van der Waals surface area contributed by atoms with Crippen molar-refractivity contribution in [2.75, 3.05) is 23.8 Å². The van der Waals surface area contributed by atoms with Crippen LogP contribution in [0.15, 0.2) is 61.3 Å². The van der Waals surface area contributed by atoms with Crippen LogP contribution >= 0.6 is 0 Å². The monoisotopic (exact) mass is 334 g/mol. The van der Waals surface area contributed by atoms with E-state index in [-0.39, 0.29) is 12.5 Å². The van der Waals surface area contributed by atoms with Crippen LogP contribution in [0.3, 0.4) is 0 Å². The summed E-state index contributed by atoms with van der Waals surface area (Å²) in [5.74, 6) is 0.230. The number of aromatic nitrogens is 2. The van der Waals surface area contributed by atoms with E-state index in [1.54, 1.807) is 6.20 Å². The molecule has 1 aromatic heterocycles. The van der Waals surface area contributed by atoms with Gasteiger partial charge in [0.2, 0.25) is 11.9 Å². The van der Waals surface area contributed by atoms with Crippen molar-refractivity contribution in [1.82, 2.24) is 9.97 Å². The maximum Gasteiger partial charge on any atom is 0.247 e. The lowest BCUT2D eigenvalue weighted by atomic mass is 10.0. The predicted octanol–water partition coefficient (Wildman–Crippen LogP) is 2.83. The molecule has 0 aliphatic heterocycles. The summed E-state index contributed by atoms with van der Waals surface area (Å²) in [6.45, 7) is 3.87. The minimum absolute atomic E-state index is 0.0185. The van der Waals surface area contributed by atoms with Crippen LogP contribution in [-0.2, 0) is 4.79 Å². The van der Waals surface area contributed by atoms with Gasteiger partial charge in [-0.2, -0.15) is 0 Å². The van der Waals surface area contributed by atoms with Gasteiger partial charge in [-0.05, 0) is 35.4 Å². The molecule has 0 saturated carbocycles. The zero-order chi connectivity index (χ0) is 17.6. The molecule has 1 amide bonds. The van der Waals surface area contributed by atoms with Gasteiger partial charge in [-0.15, -0.1) is 0 Å². The summed E-state index contributed by atoms with van der Waals surface area (Å²) in [5, 5.41) is 15.5. The SMILES string of the molecule is C=CC(=O)Nc1cccc(-c2ccc3cnc(NCCO)nc3c2)c1. The smallest absolute Gasteiger partial charge is 0.247 e. The van der Waals surface area contributed by atoms with Gasteiger partial charge in [0.15, 0.2) is 0 Å². The highest BCUT2D eigenvalue weighted by atomic mass is 16.3. The summed E-state index contributed by atoms with van der Waals surface area (Å²) in [6, 6.07) is 13.5. The first-order valence-electron chi connectivity index (χ1n) is 7.85. The Kier molecular flexibility index (Phi) is 5.01. The molecule has 0 fully saturated rings. The van der Waals surface area contributed by atoms with Crippen molar-refractivity contribution in [1.29, 1.82) is 0 Å². The summed E-state index contributed by atoms with van der Waals surface area (Å²) in [7, 11) is 0. The molecule has 0 saturated heterocycles. The molecule has 126 valence electrons. The van der Waals surface area contributed by atoms with Crippen LogP contribution in [0.5, 0.6) is 0 Å². The van der Waals surface area contributed by atoms with Gasteiger partial charge in [0.1, 0.15) is 0 Å². The first-order valence-corrected chi connectivity index (χ1v) is 7.85. The van der Waals surface area contributed by atoms with Gasteiger partial charge in [-0.1, -0.05) is 30.8 Å². The summed E-state index contributed by atoms with van der Waals surface area (Å²) < 4.78 is 0. The van der Waals surface area contributed by atoms with Gasteiger partial charge >= 0.3 is 0 Å². The van der Waals surface area contributed by atoms with E-state index >= 15 is 0 Å². The zero-order valence-electron chi connectivity index (χ0n) is 13.6. The minimum Gasteiger partial charge on any atom is -0.395 e. The molecule has 6 heteroatoms. The topological polar surface area (TPSA) is 87.1 Å². The lowest BCUT2D eigenvalue weighted by molar-refractivity contribution is -0.111. The van der Waals surface area contributed by atoms with Crippen LogP contribution in [-0.4, -0.2) is 34.1 Å². The molecule has 0 atom stereocenters. The van der Waals surface area contributed by atoms with Crippen LogP contribution in [0.25, 0.3) is 22.0 Å². The van der Waals surface area contributed by atoms with Gasteiger partial charge < -0.3 is 15.7 Å². The standard InChI is InChI=1S/C19H18N4O2/c1-2-18(25)22-16-5-3-4-13(10-16)14-6-7-15-12-21-19(20-8-9-24)23-17(15)11-14/h2-7,10-12,24H,1,8-9H2,(H,22,25)(H,20,21,23). The molecular weight excluding hydrogens is 316 g/mol. The molecule has 3 rings (SSSR count). The second-order valence-corrected chi connectivity index (χ2v) is 5.39. The van der Waals surface area contributed by atoms with Gasteiger partial charge in [-0.3, -0.25) is 4.79 Å². The Hall–Kier alpha value is -3.25. The molecular formula is C19H18N4O2. The zero-order valence-corrected chi connectivity index (χ0v) is 13.6. The quantitative estimate of drug-likeness (QED) is 0.603. The molecule has 1 heterocycles. The highest BCUT2D eigenvalue weighted by Gasteiger charge is 2.05. The van der Waals surface area contributed by atoms with Crippen molar-refractivity contribution < 1.29 is 9.90 Å². The Labute approximate surface area is 145 Å². The number of hydrogen-bond acceptors (Lipinski definition) is 5. The lowest BCUT2D eigenvalue weighted by Gasteiger charge is -2.08. The number of aliphatic hydroxyl groups excluding tert-OH is 1. The number of anilines is 2. The highest BCUT2D eigenvalue weighted by molar-refractivity contribution is 5.99. The van der Waals surface area contributed by atoms with Crippen LogP contribution in [0.1, 0.15) is 0 Å². The van der Waals surface area contributed by atoms with Crippen molar-refractivity contribution in [3.8, 4) is 11.1 Å². The van der Waals surface area contributed by atoms with E-state index in [0.29, 0.717) is 18.2 Å². The number of hydrogen-bond donors (Lipinski definition) is 3. The van der Waals surface area contributed by atoms with Crippen LogP contribution in [0, 0.1) is 0 Å². The second-order valence-electron chi connectivity index (χ2n) is 5.39. The molecule has 0 radical (unpaired) electrons. The van der Waals surface area contributed by atoms with Crippen molar-refractivity contribution >= 4 is 28.4 Å². The number of benzene rings is 2. The fraction of sp³-hybridized carbons (Fsp3) is 0.105. The molecule has 0 aliphatic rings. The average Bonchev–Trinajstić information content (AvgIpc) is 2.65. The third-order valence-electron chi connectivity index (χ3n) is 3.63. The van der Waals surface area contributed by atoms with Crippen LogP contribution in [0.4, 0.5) is 11.6 Å². The molecule has 3 N–H and O–H groups in total. The molecule has 6 nitrogen and oxygen atoms in total. The Morgan fingerprint density at radius 2 is 2.04 bits per heavy atom. The molecule has 3 aromatic rings. The maximum atomic E-state index is 11.5. The fourth-order valence-corrected chi connectivity index (χ4v) is 2.43. The van der Waals surface area contributed by atoms with Gasteiger partial charge in [0.25, 0.3) is 0 Å². The van der Waals surface area contributed by atoms with Crippen molar-refractivity contribution in [2.45, 2.75) is 0 Å². The Bertz CT molecular complexity index is 924.